The average Bonchev–Trinajstić information content (AvgIpc) is 2.54. The van der Waals surface area contributed by atoms with E-state index in [4.69, 9.17) is 0 Å². The number of nitrogens with zero attached hydrogens (tertiary/aromatic N) is 3. The maximum atomic E-state index is 4.46. The van der Waals surface area contributed by atoms with Gasteiger partial charge in [-0.3, -0.25) is 4.98 Å². The lowest BCUT2D eigenvalue weighted by Crippen LogP contribution is -2.04. The predicted octanol–water partition coefficient (Wildman–Crippen LogP) is 3.54. The summed E-state index contributed by atoms with van der Waals surface area (Å²) < 4.78 is 0. The fourth-order valence-corrected chi connectivity index (χ4v) is 2.06. The number of hydrogen-bond acceptors (Lipinski definition) is 5. The Bertz CT molecular complexity index is 743. The Hall–Kier alpha value is -2.95. The van der Waals surface area contributed by atoms with E-state index < -0.39 is 0 Å². The van der Waals surface area contributed by atoms with E-state index in [0.29, 0.717) is 12.5 Å². The van der Waals surface area contributed by atoms with Gasteiger partial charge in [0.1, 0.15) is 5.82 Å². The van der Waals surface area contributed by atoms with Crippen LogP contribution in [0.4, 0.5) is 17.5 Å². The molecule has 0 aliphatic heterocycles. The monoisotopic (exact) mass is 291 g/mol. The molecule has 3 rings (SSSR count). The predicted molar refractivity (Wildman–Crippen MR) is 88.1 cm³/mol. The third kappa shape index (κ3) is 3.79. The Morgan fingerprint density at radius 1 is 1.00 bits per heavy atom. The molecule has 1 aromatic carbocycles. The molecule has 0 radical (unpaired) electrons. The minimum Gasteiger partial charge on any atom is -0.366 e. The summed E-state index contributed by atoms with van der Waals surface area (Å²) >= 11 is 0. The van der Waals surface area contributed by atoms with Crippen molar-refractivity contribution < 1.29 is 0 Å². The molecule has 0 aliphatic rings. The molecule has 110 valence electrons. The van der Waals surface area contributed by atoms with Gasteiger partial charge >= 0.3 is 0 Å². The molecular formula is C17H17N5. The number of aromatic nitrogens is 3. The quantitative estimate of drug-likeness (QED) is 0.753. The highest BCUT2D eigenvalue weighted by atomic mass is 15.1. The van der Waals surface area contributed by atoms with Gasteiger partial charge in [-0.25, -0.2) is 4.98 Å². The summed E-state index contributed by atoms with van der Waals surface area (Å²) in [6.07, 6.45) is 5.30. The van der Waals surface area contributed by atoms with Crippen LogP contribution in [-0.2, 0) is 6.54 Å². The Kier molecular flexibility index (Phi) is 4.25. The largest absolute Gasteiger partial charge is 0.366 e. The van der Waals surface area contributed by atoms with Crippen molar-refractivity contribution in [1.29, 1.82) is 0 Å². The fraction of sp³-hybridized carbons (Fsp3) is 0.118. The van der Waals surface area contributed by atoms with Gasteiger partial charge in [-0.05, 0) is 48.4 Å². The topological polar surface area (TPSA) is 62.7 Å². The molecule has 0 bridgehead atoms. The first-order valence-electron chi connectivity index (χ1n) is 7.09. The molecule has 0 spiro atoms. The van der Waals surface area contributed by atoms with Crippen LogP contribution in [-0.4, -0.2) is 15.0 Å². The van der Waals surface area contributed by atoms with Gasteiger partial charge in [0.2, 0.25) is 5.95 Å². The Labute approximate surface area is 129 Å². The molecule has 0 saturated heterocycles. The minimum atomic E-state index is 0.574. The summed E-state index contributed by atoms with van der Waals surface area (Å²) in [5.74, 6) is 1.35. The van der Waals surface area contributed by atoms with E-state index in [0.717, 1.165) is 17.1 Å². The van der Waals surface area contributed by atoms with E-state index in [1.54, 1.807) is 18.6 Å². The SMILES string of the molecule is Cc1cccc(Nc2nccc(NCc3ccncc3)n2)c1. The summed E-state index contributed by atoms with van der Waals surface area (Å²) in [6.45, 7) is 2.75. The standard InChI is InChI=1S/C17H17N5/c1-13-3-2-4-15(11-13)21-17-19-10-7-16(22-17)20-12-14-5-8-18-9-6-14/h2-11H,12H2,1H3,(H2,19,20,21,22). The summed E-state index contributed by atoms with van der Waals surface area (Å²) in [5, 5.41) is 6.49. The smallest absolute Gasteiger partial charge is 0.229 e. The van der Waals surface area contributed by atoms with Crippen LogP contribution < -0.4 is 10.6 Å². The average molecular weight is 291 g/mol. The third-order valence-electron chi connectivity index (χ3n) is 3.15. The molecule has 0 fully saturated rings. The van der Waals surface area contributed by atoms with Crippen LogP contribution >= 0.6 is 0 Å². The summed E-state index contributed by atoms with van der Waals surface area (Å²) in [4.78, 5) is 12.7. The molecule has 0 saturated carbocycles. The highest BCUT2D eigenvalue weighted by Crippen LogP contribution is 2.15. The molecule has 0 atom stereocenters. The Morgan fingerprint density at radius 2 is 1.86 bits per heavy atom. The second kappa shape index (κ2) is 6.67. The number of anilines is 3. The van der Waals surface area contributed by atoms with Crippen molar-refractivity contribution >= 4 is 17.5 Å². The van der Waals surface area contributed by atoms with Gasteiger partial charge in [0.15, 0.2) is 0 Å². The first-order valence-corrected chi connectivity index (χ1v) is 7.09. The third-order valence-corrected chi connectivity index (χ3v) is 3.15. The number of rotatable bonds is 5. The Morgan fingerprint density at radius 3 is 2.68 bits per heavy atom. The van der Waals surface area contributed by atoms with Gasteiger partial charge in [0.25, 0.3) is 0 Å². The second-order valence-corrected chi connectivity index (χ2v) is 4.97. The minimum absolute atomic E-state index is 0.574. The molecular weight excluding hydrogens is 274 g/mol. The molecule has 22 heavy (non-hydrogen) atoms. The molecule has 0 unspecified atom stereocenters. The molecule has 5 heteroatoms. The van der Waals surface area contributed by atoms with E-state index >= 15 is 0 Å². The van der Waals surface area contributed by atoms with Crippen LogP contribution in [0.3, 0.4) is 0 Å². The van der Waals surface area contributed by atoms with Crippen LogP contribution in [0.1, 0.15) is 11.1 Å². The van der Waals surface area contributed by atoms with Crippen molar-refractivity contribution in [2.45, 2.75) is 13.5 Å². The van der Waals surface area contributed by atoms with Crippen LogP contribution in [0.15, 0.2) is 61.1 Å². The second-order valence-electron chi connectivity index (χ2n) is 4.97. The van der Waals surface area contributed by atoms with Gasteiger partial charge in [0, 0.05) is 30.8 Å². The number of hydrogen-bond donors (Lipinski definition) is 2. The van der Waals surface area contributed by atoms with Crippen LogP contribution in [0.5, 0.6) is 0 Å². The maximum Gasteiger partial charge on any atom is 0.229 e. The van der Waals surface area contributed by atoms with Gasteiger partial charge in [0.05, 0.1) is 0 Å². The zero-order valence-corrected chi connectivity index (χ0v) is 12.3. The van der Waals surface area contributed by atoms with Crippen molar-refractivity contribution in [1.82, 2.24) is 15.0 Å². The van der Waals surface area contributed by atoms with Crippen LogP contribution in [0.25, 0.3) is 0 Å². The Balaban J connectivity index is 1.67. The van der Waals surface area contributed by atoms with Crippen molar-refractivity contribution in [3.63, 3.8) is 0 Å². The normalized spacial score (nSPS) is 10.2. The van der Waals surface area contributed by atoms with E-state index in [1.807, 2.05) is 30.3 Å². The van der Waals surface area contributed by atoms with E-state index in [1.165, 1.54) is 5.56 Å². The van der Waals surface area contributed by atoms with Gasteiger partial charge in [-0.2, -0.15) is 4.98 Å². The zero-order chi connectivity index (χ0) is 15.2. The fourth-order valence-electron chi connectivity index (χ4n) is 2.06. The summed E-state index contributed by atoms with van der Waals surface area (Å²) in [5.41, 5.74) is 3.32. The highest BCUT2D eigenvalue weighted by Gasteiger charge is 2.00. The number of aryl methyl sites for hydroxylation is 1. The molecule has 2 aromatic heterocycles. The van der Waals surface area contributed by atoms with Gasteiger partial charge in [-0.15, -0.1) is 0 Å². The summed E-state index contributed by atoms with van der Waals surface area (Å²) in [7, 11) is 0. The number of benzene rings is 1. The number of pyridine rings is 1. The molecule has 5 nitrogen and oxygen atoms in total. The molecule has 0 aliphatic carbocycles. The van der Waals surface area contributed by atoms with Crippen LogP contribution in [0.2, 0.25) is 0 Å². The maximum absolute atomic E-state index is 4.46. The lowest BCUT2D eigenvalue weighted by Gasteiger charge is -2.08. The zero-order valence-electron chi connectivity index (χ0n) is 12.3. The van der Waals surface area contributed by atoms with Gasteiger partial charge < -0.3 is 10.6 Å². The molecule has 3 aromatic rings. The number of nitrogens with one attached hydrogen (secondary N) is 2. The van der Waals surface area contributed by atoms with Crippen molar-refractivity contribution in [2.75, 3.05) is 10.6 Å². The van der Waals surface area contributed by atoms with E-state index in [-0.39, 0.29) is 0 Å². The first-order chi connectivity index (χ1) is 10.8. The lowest BCUT2D eigenvalue weighted by molar-refractivity contribution is 1.07. The highest BCUT2D eigenvalue weighted by molar-refractivity contribution is 5.55. The van der Waals surface area contributed by atoms with Gasteiger partial charge in [-0.1, -0.05) is 12.1 Å². The van der Waals surface area contributed by atoms with Crippen molar-refractivity contribution in [3.05, 3.63) is 72.2 Å². The first kappa shape index (κ1) is 14.0. The summed E-state index contributed by atoms with van der Waals surface area (Å²) in [6, 6.07) is 13.9. The van der Waals surface area contributed by atoms with E-state index in [9.17, 15) is 0 Å². The lowest BCUT2D eigenvalue weighted by atomic mass is 10.2. The van der Waals surface area contributed by atoms with Crippen molar-refractivity contribution in [3.8, 4) is 0 Å². The van der Waals surface area contributed by atoms with Crippen molar-refractivity contribution in [2.24, 2.45) is 0 Å². The molecule has 0 amide bonds. The van der Waals surface area contributed by atoms with Crippen LogP contribution in [0, 0.1) is 6.92 Å². The van der Waals surface area contributed by atoms with E-state index in [2.05, 4.69) is 44.6 Å². The molecule has 2 N–H and O–H groups in total. The molecule has 2 heterocycles.